The van der Waals surface area contributed by atoms with Crippen molar-refractivity contribution in [3.63, 3.8) is 0 Å². The van der Waals surface area contributed by atoms with Gasteiger partial charge in [-0.15, -0.1) is 0 Å². The monoisotopic (exact) mass is 198 g/mol. The van der Waals surface area contributed by atoms with Crippen LogP contribution >= 0.6 is 0 Å². The highest BCUT2D eigenvalue weighted by Crippen LogP contribution is 2.07. The van der Waals surface area contributed by atoms with Crippen LogP contribution in [0.2, 0.25) is 0 Å². The molecule has 0 amide bonds. The van der Waals surface area contributed by atoms with Gasteiger partial charge in [0.1, 0.15) is 0 Å². The van der Waals surface area contributed by atoms with Gasteiger partial charge in [-0.3, -0.25) is 0 Å². The zero-order valence-corrected chi connectivity index (χ0v) is 10.1. The van der Waals surface area contributed by atoms with Crippen LogP contribution in [-0.2, 0) is 0 Å². The van der Waals surface area contributed by atoms with E-state index in [1.54, 1.807) is 0 Å². The minimum absolute atomic E-state index is 0.729. The van der Waals surface area contributed by atoms with Crippen LogP contribution in [0, 0.1) is 0 Å². The molecule has 0 atom stereocenters. The maximum atomic E-state index is 2.62. The predicted molar refractivity (Wildman–Crippen MR) is 62.7 cm³/mol. The molecule has 0 aromatic heterocycles. The molecule has 0 N–H and O–H groups in total. The third-order valence-corrected chi connectivity index (χ3v) is 3.11. The van der Waals surface area contributed by atoms with E-state index in [-0.39, 0.29) is 0 Å². The van der Waals surface area contributed by atoms with Crippen molar-refractivity contribution in [1.82, 2.24) is 9.80 Å². The molecule has 1 heterocycles. The normalized spacial score (nSPS) is 22.3. The molecule has 1 rings (SSSR count). The first kappa shape index (κ1) is 12.0. The lowest BCUT2D eigenvalue weighted by Gasteiger charge is -2.32. The van der Waals surface area contributed by atoms with E-state index in [1.807, 2.05) is 0 Å². The molecule has 1 saturated heterocycles. The van der Waals surface area contributed by atoms with Crippen molar-refractivity contribution in [2.45, 2.75) is 46.1 Å². The Balaban J connectivity index is 2.28. The van der Waals surface area contributed by atoms with Crippen molar-refractivity contribution in [2.24, 2.45) is 0 Å². The fourth-order valence-corrected chi connectivity index (χ4v) is 2.27. The van der Waals surface area contributed by atoms with E-state index in [9.17, 15) is 0 Å². The largest absolute Gasteiger partial charge is 0.303 e. The average molecular weight is 198 g/mol. The minimum atomic E-state index is 0.729. The average Bonchev–Trinajstić information content (AvgIpc) is 2.08. The van der Waals surface area contributed by atoms with E-state index in [2.05, 4.69) is 30.6 Å². The molecule has 0 bridgehead atoms. The molecule has 0 aromatic rings. The van der Waals surface area contributed by atoms with Crippen molar-refractivity contribution in [2.75, 3.05) is 32.7 Å². The van der Waals surface area contributed by atoms with Crippen LogP contribution in [0.4, 0.5) is 0 Å². The van der Waals surface area contributed by atoms with Gasteiger partial charge in [0.15, 0.2) is 0 Å². The Morgan fingerprint density at radius 2 is 1.57 bits per heavy atom. The smallest absolute Gasteiger partial charge is 0.00386 e. The number of hydrogen-bond donors (Lipinski definition) is 0. The summed E-state index contributed by atoms with van der Waals surface area (Å²) in [5.74, 6) is 0. The van der Waals surface area contributed by atoms with Gasteiger partial charge < -0.3 is 9.80 Å². The molecule has 2 nitrogen and oxygen atoms in total. The Bertz CT molecular complexity index is 135. The van der Waals surface area contributed by atoms with Crippen molar-refractivity contribution in [3.8, 4) is 0 Å². The Kier molecular flexibility index (Phi) is 5.49. The molecule has 0 unspecified atom stereocenters. The van der Waals surface area contributed by atoms with E-state index in [4.69, 9.17) is 0 Å². The lowest BCUT2D eigenvalue weighted by atomic mass is 10.2. The van der Waals surface area contributed by atoms with Gasteiger partial charge in [-0.05, 0) is 65.8 Å². The summed E-state index contributed by atoms with van der Waals surface area (Å²) in [4.78, 5) is 5.24. The van der Waals surface area contributed by atoms with Gasteiger partial charge in [-0.25, -0.2) is 0 Å². The molecule has 84 valence electrons. The second-order valence-electron chi connectivity index (χ2n) is 4.68. The molecule has 0 radical (unpaired) electrons. The summed E-state index contributed by atoms with van der Waals surface area (Å²) in [6, 6.07) is 0.729. The third kappa shape index (κ3) is 3.97. The number of rotatable bonds is 3. The lowest BCUT2D eigenvalue weighted by Crippen LogP contribution is -2.39. The second kappa shape index (κ2) is 6.41. The molecule has 0 spiro atoms. The molecular weight excluding hydrogens is 172 g/mol. The van der Waals surface area contributed by atoms with Gasteiger partial charge in [0.05, 0.1) is 0 Å². The Morgan fingerprint density at radius 3 is 2.00 bits per heavy atom. The van der Waals surface area contributed by atoms with Crippen LogP contribution in [0.1, 0.15) is 40.0 Å². The van der Waals surface area contributed by atoms with Crippen molar-refractivity contribution in [3.05, 3.63) is 0 Å². The van der Waals surface area contributed by atoms with E-state index in [0.29, 0.717) is 0 Å². The third-order valence-electron chi connectivity index (χ3n) is 3.11. The Labute approximate surface area is 89.3 Å². The summed E-state index contributed by atoms with van der Waals surface area (Å²) in [7, 11) is 0. The Morgan fingerprint density at radius 1 is 1.00 bits per heavy atom. The van der Waals surface area contributed by atoms with E-state index in [1.165, 1.54) is 52.0 Å². The molecule has 0 saturated carbocycles. The topological polar surface area (TPSA) is 6.48 Å². The molecule has 14 heavy (non-hydrogen) atoms. The van der Waals surface area contributed by atoms with E-state index >= 15 is 0 Å². The van der Waals surface area contributed by atoms with Gasteiger partial charge >= 0.3 is 0 Å². The molecule has 0 aliphatic carbocycles. The molecule has 0 aromatic carbocycles. The highest BCUT2D eigenvalue weighted by Gasteiger charge is 2.13. The molecule has 1 aliphatic heterocycles. The summed E-state index contributed by atoms with van der Waals surface area (Å²) >= 11 is 0. The summed E-state index contributed by atoms with van der Waals surface area (Å²) in [6.45, 7) is 13.4. The summed E-state index contributed by atoms with van der Waals surface area (Å²) in [5.41, 5.74) is 0. The van der Waals surface area contributed by atoms with Crippen LogP contribution in [0.3, 0.4) is 0 Å². The zero-order valence-electron chi connectivity index (χ0n) is 10.1. The summed E-state index contributed by atoms with van der Waals surface area (Å²) < 4.78 is 0. The molecule has 1 fully saturated rings. The van der Waals surface area contributed by atoms with Gasteiger partial charge in [0, 0.05) is 6.04 Å². The standard InChI is InChI=1S/C12H26N2/c1-4-7-13-8-5-10-14(12(2)3)11-6-9-13/h12H,4-11H2,1-3H3. The Hall–Kier alpha value is -0.0800. The SMILES string of the molecule is CCCN1CCCN(C(C)C)CCC1. The summed E-state index contributed by atoms with van der Waals surface area (Å²) in [6.07, 6.45) is 3.99. The first-order valence-electron chi connectivity index (χ1n) is 6.20. The molecule has 2 heteroatoms. The number of hydrogen-bond acceptors (Lipinski definition) is 2. The molecular formula is C12H26N2. The zero-order chi connectivity index (χ0) is 10.4. The van der Waals surface area contributed by atoms with E-state index in [0.717, 1.165) is 6.04 Å². The van der Waals surface area contributed by atoms with Crippen LogP contribution in [0.25, 0.3) is 0 Å². The van der Waals surface area contributed by atoms with Crippen molar-refractivity contribution in [1.29, 1.82) is 0 Å². The van der Waals surface area contributed by atoms with Gasteiger partial charge in [0.2, 0.25) is 0 Å². The predicted octanol–water partition coefficient (Wildman–Crippen LogP) is 2.20. The van der Waals surface area contributed by atoms with Crippen LogP contribution < -0.4 is 0 Å². The minimum Gasteiger partial charge on any atom is -0.303 e. The highest BCUT2D eigenvalue weighted by molar-refractivity contribution is 4.69. The summed E-state index contributed by atoms with van der Waals surface area (Å²) in [5, 5.41) is 0. The van der Waals surface area contributed by atoms with Gasteiger partial charge in [-0.2, -0.15) is 0 Å². The van der Waals surface area contributed by atoms with Gasteiger partial charge in [0.25, 0.3) is 0 Å². The fourth-order valence-electron chi connectivity index (χ4n) is 2.27. The van der Waals surface area contributed by atoms with Crippen LogP contribution in [-0.4, -0.2) is 48.6 Å². The maximum absolute atomic E-state index is 2.62. The van der Waals surface area contributed by atoms with E-state index < -0.39 is 0 Å². The fraction of sp³-hybridized carbons (Fsp3) is 1.00. The first-order valence-corrected chi connectivity index (χ1v) is 6.20. The highest BCUT2D eigenvalue weighted by atomic mass is 15.2. The molecule has 1 aliphatic rings. The van der Waals surface area contributed by atoms with Gasteiger partial charge in [-0.1, -0.05) is 6.92 Å². The quantitative estimate of drug-likeness (QED) is 0.686. The maximum Gasteiger partial charge on any atom is 0.00386 e. The first-order chi connectivity index (χ1) is 6.74. The van der Waals surface area contributed by atoms with Crippen LogP contribution in [0.15, 0.2) is 0 Å². The van der Waals surface area contributed by atoms with Crippen molar-refractivity contribution >= 4 is 0 Å². The number of nitrogens with zero attached hydrogens (tertiary/aromatic N) is 2. The van der Waals surface area contributed by atoms with Crippen LogP contribution in [0.5, 0.6) is 0 Å². The lowest BCUT2D eigenvalue weighted by molar-refractivity contribution is 0.157. The van der Waals surface area contributed by atoms with Crippen molar-refractivity contribution < 1.29 is 0 Å². The second-order valence-corrected chi connectivity index (χ2v) is 4.68.